The predicted molar refractivity (Wildman–Crippen MR) is 113 cm³/mol. The molecule has 0 atom stereocenters. The monoisotopic (exact) mass is 433 g/mol. The van der Waals surface area contributed by atoms with Crippen LogP contribution in [0.1, 0.15) is 38.3 Å². The van der Waals surface area contributed by atoms with E-state index >= 15 is 0 Å². The zero-order chi connectivity index (χ0) is 19.6. The Morgan fingerprint density at radius 1 is 1.11 bits per heavy atom. The zero-order valence-electron chi connectivity index (χ0n) is 16.3. The van der Waals surface area contributed by atoms with Gasteiger partial charge in [-0.05, 0) is 84.4 Å². The van der Waals surface area contributed by atoms with E-state index in [1.165, 1.54) is 11.1 Å². The van der Waals surface area contributed by atoms with Crippen LogP contribution in [-0.4, -0.2) is 25.2 Å². The van der Waals surface area contributed by atoms with E-state index in [9.17, 15) is 4.79 Å². The summed E-state index contributed by atoms with van der Waals surface area (Å²) >= 11 is 3.48. The highest BCUT2D eigenvalue weighted by atomic mass is 79.9. The molecule has 0 bridgehead atoms. The van der Waals surface area contributed by atoms with Gasteiger partial charge in [0.05, 0.1) is 10.6 Å². The number of carbonyl (C=O) groups is 1. The molecule has 0 saturated heterocycles. The number of hydrogen-bond acceptors (Lipinski definition) is 3. The van der Waals surface area contributed by atoms with Crippen molar-refractivity contribution >= 4 is 21.8 Å². The number of carbonyl (C=O) groups excluding carboxylic acids is 1. The summed E-state index contributed by atoms with van der Waals surface area (Å²) < 4.78 is 12.1. The van der Waals surface area contributed by atoms with Gasteiger partial charge in [0.1, 0.15) is 11.5 Å². The Hall–Kier alpha value is -2.01. The van der Waals surface area contributed by atoms with E-state index in [0.29, 0.717) is 12.3 Å². The summed E-state index contributed by atoms with van der Waals surface area (Å²) in [7, 11) is 0. The highest BCUT2D eigenvalue weighted by molar-refractivity contribution is 9.10. The standard InChI is InChI=1S/C22H28BrNO3/c1-4-17-9-12-21(20(23)14-17)26-15-22(25)24-13-5-6-18-7-10-19(11-8-18)27-16(2)3/h7-12,14,16H,4-6,13,15H2,1-3H3,(H,24,25). The molecule has 0 aliphatic heterocycles. The quantitative estimate of drug-likeness (QED) is 0.540. The van der Waals surface area contributed by atoms with Crippen molar-refractivity contribution in [1.82, 2.24) is 5.32 Å². The number of nitrogens with one attached hydrogen (secondary N) is 1. The van der Waals surface area contributed by atoms with Crippen LogP contribution in [0, 0.1) is 0 Å². The topological polar surface area (TPSA) is 47.6 Å². The molecule has 4 nitrogen and oxygen atoms in total. The van der Waals surface area contributed by atoms with E-state index in [4.69, 9.17) is 9.47 Å². The summed E-state index contributed by atoms with van der Waals surface area (Å²) in [5, 5.41) is 2.90. The molecule has 0 radical (unpaired) electrons. The van der Waals surface area contributed by atoms with Crippen LogP contribution in [0.4, 0.5) is 0 Å². The number of hydrogen-bond donors (Lipinski definition) is 1. The van der Waals surface area contributed by atoms with Crippen molar-refractivity contribution in [3.8, 4) is 11.5 Å². The van der Waals surface area contributed by atoms with Crippen molar-refractivity contribution in [1.29, 1.82) is 0 Å². The Labute approximate surface area is 170 Å². The number of ether oxygens (including phenoxy) is 2. The third-order valence-corrected chi connectivity index (χ3v) is 4.64. The Balaban J connectivity index is 1.66. The van der Waals surface area contributed by atoms with Gasteiger partial charge in [0.15, 0.2) is 6.61 Å². The average Bonchev–Trinajstić information content (AvgIpc) is 2.65. The molecular formula is C22H28BrNO3. The van der Waals surface area contributed by atoms with E-state index in [0.717, 1.165) is 29.5 Å². The largest absolute Gasteiger partial charge is 0.491 e. The van der Waals surface area contributed by atoms with E-state index < -0.39 is 0 Å². The lowest BCUT2D eigenvalue weighted by atomic mass is 10.1. The maximum atomic E-state index is 11.9. The fourth-order valence-electron chi connectivity index (χ4n) is 2.60. The minimum absolute atomic E-state index is 0.0192. The van der Waals surface area contributed by atoms with Gasteiger partial charge >= 0.3 is 0 Å². The van der Waals surface area contributed by atoms with Crippen LogP contribution in [0.2, 0.25) is 0 Å². The molecule has 2 aromatic rings. The van der Waals surface area contributed by atoms with E-state index in [2.05, 4.69) is 40.3 Å². The first-order valence-corrected chi connectivity index (χ1v) is 10.2. The van der Waals surface area contributed by atoms with Crippen LogP contribution in [0.3, 0.4) is 0 Å². The lowest BCUT2D eigenvalue weighted by Crippen LogP contribution is -2.30. The summed E-state index contributed by atoms with van der Waals surface area (Å²) in [6.45, 7) is 6.77. The number of halogens is 1. The number of aryl methyl sites for hydroxylation is 2. The third-order valence-electron chi connectivity index (χ3n) is 4.02. The molecule has 146 valence electrons. The van der Waals surface area contributed by atoms with Crippen LogP contribution in [0.15, 0.2) is 46.9 Å². The SMILES string of the molecule is CCc1ccc(OCC(=O)NCCCc2ccc(OC(C)C)cc2)c(Br)c1. The molecule has 1 amide bonds. The normalized spacial score (nSPS) is 10.7. The van der Waals surface area contributed by atoms with Gasteiger partial charge in [-0.25, -0.2) is 0 Å². The third kappa shape index (κ3) is 7.63. The zero-order valence-corrected chi connectivity index (χ0v) is 17.8. The molecule has 0 aliphatic rings. The molecule has 1 N–H and O–H groups in total. The summed E-state index contributed by atoms with van der Waals surface area (Å²) in [6, 6.07) is 14.0. The summed E-state index contributed by atoms with van der Waals surface area (Å²) in [6.07, 6.45) is 2.93. The lowest BCUT2D eigenvalue weighted by molar-refractivity contribution is -0.123. The molecule has 5 heteroatoms. The minimum Gasteiger partial charge on any atom is -0.491 e. The second kappa shape index (κ2) is 11.0. The molecule has 2 rings (SSSR count). The van der Waals surface area contributed by atoms with Gasteiger partial charge in [-0.2, -0.15) is 0 Å². The molecule has 0 heterocycles. The maximum Gasteiger partial charge on any atom is 0.257 e. The van der Waals surface area contributed by atoms with Crippen molar-refractivity contribution in [2.75, 3.05) is 13.2 Å². The molecule has 0 spiro atoms. The van der Waals surface area contributed by atoms with Crippen molar-refractivity contribution in [2.45, 2.75) is 46.1 Å². The van der Waals surface area contributed by atoms with Gasteiger partial charge in [-0.15, -0.1) is 0 Å². The molecule has 0 fully saturated rings. The van der Waals surface area contributed by atoms with E-state index in [1.54, 1.807) is 0 Å². The molecular weight excluding hydrogens is 406 g/mol. The smallest absolute Gasteiger partial charge is 0.257 e. The van der Waals surface area contributed by atoms with Gasteiger partial charge in [0.2, 0.25) is 0 Å². The second-order valence-electron chi connectivity index (χ2n) is 6.67. The fraction of sp³-hybridized carbons (Fsp3) is 0.409. The Morgan fingerprint density at radius 3 is 2.44 bits per heavy atom. The van der Waals surface area contributed by atoms with Crippen LogP contribution < -0.4 is 14.8 Å². The number of benzene rings is 2. The van der Waals surface area contributed by atoms with Crippen molar-refractivity contribution in [2.24, 2.45) is 0 Å². The Bertz CT molecular complexity index is 729. The first kappa shape index (κ1) is 21.3. The molecule has 0 aromatic heterocycles. The summed E-state index contributed by atoms with van der Waals surface area (Å²) in [5.41, 5.74) is 2.46. The van der Waals surface area contributed by atoms with Gasteiger partial charge in [0, 0.05) is 6.54 Å². The Morgan fingerprint density at radius 2 is 1.81 bits per heavy atom. The predicted octanol–water partition coefficient (Wildman–Crippen LogP) is 4.93. The van der Waals surface area contributed by atoms with Crippen LogP contribution >= 0.6 is 15.9 Å². The van der Waals surface area contributed by atoms with Crippen LogP contribution in [0.5, 0.6) is 11.5 Å². The molecule has 27 heavy (non-hydrogen) atoms. The first-order chi connectivity index (χ1) is 13.0. The lowest BCUT2D eigenvalue weighted by Gasteiger charge is -2.11. The van der Waals surface area contributed by atoms with Crippen LogP contribution in [-0.2, 0) is 17.6 Å². The van der Waals surface area contributed by atoms with E-state index in [-0.39, 0.29) is 18.6 Å². The van der Waals surface area contributed by atoms with Gasteiger partial charge < -0.3 is 14.8 Å². The van der Waals surface area contributed by atoms with Crippen molar-refractivity contribution < 1.29 is 14.3 Å². The summed E-state index contributed by atoms with van der Waals surface area (Å²) in [5.74, 6) is 1.46. The van der Waals surface area contributed by atoms with Gasteiger partial charge in [-0.3, -0.25) is 4.79 Å². The fourth-order valence-corrected chi connectivity index (χ4v) is 3.14. The first-order valence-electron chi connectivity index (χ1n) is 9.41. The highest BCUT2D eigenvalue weighted by Crippen LogP contribution is 2.26. The molecule has 2 aromatic carbocycles. The van der Waals surface area contributed by atoms with Crippen molar-refractivity contribution in [3.05, 3.63) is 58.1 Å². The molecule has 0 saturated carbocycles. The highest BCUT2D eigenvalue weighted by Gasteiger charge is 2.06. The second-order valence-corrected chi connectivity index (χ2v) is 7.53. The van der Waals surface area contributed by atoms with Gasteiger partial charge in [-0.1, -0.05) is 25.1 Å². The average molecular weight is 434 g/mol. The maximum absolute atomic E-state index is 11.9. The van der Waals surface area contributed by atoms with Crippen molar-refractivity contribution in [3.63, 3.8) is 0 Å². The molecule has 0 unspecified atom stereocenters. The van der Waals surface area contributed by atoms with E-state index in [1.807, 2.05) is 44.2 Å². The van der Waals surface area contributed by atoms with Crippen LogP contribution in [0.25, 0.3) is 0 Å². The van der Waals surface area contributed by atoms with Gasteiger partial charge in [0.25, 0.3) is 5.91 Å². The Kier molecular flexibility index (Phi) is 8.65. The molecule has 0 aliphatic carbocycles. The minimum atomic E-state index is -0.109. The number of rotatable bonds is 10. The number of amides is 1. The summed E-state index contributed by atoms with van der Waals surface area (Å²) in [4.78, 5) is 11.9.